The van der Waals surface area contributed by atoms with Crippen molar-refractivity contribution in [3.8, 4) is 0 Å². The quantitative estimate of drug-likeness (QED) is 0.277. The van der Waals surface area contributed by atoms with Crippen molar-refractivity contribution in [1.29, 1.82) is 0 Å². The number of ether oxygens (including phenoxy) is 2. The van der Waals surface area contributed by atoms with Gasteiger partial charge in [-0.3, -0.25) is 4.79 Å². The van der Waals surface area contributed by atoms with Gasteiger partial charge in [-0.15, -0.1) is 23.2 Å². The summed E-state index contributed by atoms with van der Waals surface area (Å²) in [5, 5.41) is 38.4. The first-order chi connectivity index (χ1) is 14.4. The Bertz CT molecular complexity index is 643. The number of halogens is 2. The summed E-state index contributed by atoms with van der Waals surface area (Å²) < 4.78 is 10.0. The first-order valence-corrected chi connectivity index (χ1v) is 10.9. The van der Waals surface area contributed by atoms with Crippen molar-refractivity contribution in [3.63, 3.8) is 0 Å². The molecule has 1 aliphatic rings. The summed E-state index contributed by atoms with van der Waals surface area (Å²) in [7, 11) is 0. The van der Waals surface area contributed by atoms with Gasteiger partial charge in [0.2, 0.25) is 0 Å². The van der Waals surface area contributed by atoms with E-state index < -0.39 is 36.7 Å². The fourth-order valence-corrected chi connectivity index (χ4v) is 3.61. The van der Waals surface area contributed by atoms with Crippen molar-refractivity contribution < 1.29 is 34.7 Å². The van der Waals surface area contributed by atoms with Crippen LogP contribution in [-0.2, 0) is 20.7 Å². The molecule has 5 atom stereocenters. The maximum absolute atomic E-state index is 11.9. The molecule has 0 amide bonds. The molecule has 0 radical (unpaired) electrons. The van der Waals surface area contributed by atoms with Gasteiger partial charge in [-0.2, -0.15) is 0 Å². The van der Waals surface area contributed by atoms with Crippen LogP contribution in [-0.4, -0.2) is 88.6 Å². The van der Waals surface area contributed by atoms with Gasteiger partial charge in [0.25, 0.3) is 0 Å². The van der Waals surface area contributed by atoms with E-state index in [2.05, 4.69) is 4.90 Å². The number of hydrogen-bond donors (Lipinski definition) is 4. The van der Waals surface area contributed by atoms with Crippen molar-refractivity contribution in [3.05, 3.63) is 29.8 Å². The van der Waals surface area contributed by atoms with Gasteiger partial charge >= 0.3 is 5.97 Å². The van der Waals surface area contributed by atoms with Crippen LogP contribution in [0.5, 0.6) is 0 Å². The van der Waals surface area contributed by atoms with Crippen LogP contribution in [0.1, 0.15) is 18.4 Å². The zero-order valence-electron chi connectivity index (χ0n) is 16.6. The zero-order valence-corrected chi connectivity index (χ0v) is 18.1. The van der Waals surface area contributed by atoms with Gasteiger partial charge in [0.05, 0.1) is 0 Å². The second kappa shape index (κ2) is 12.7. The molecule has 8 nitrogen and oxygen atoms in total. The third-order valence-corrected chi connectivity index (χ3v) is 5.29. The summed E-state index contributed by atoms with van der Waals surface area (Å²) in [6.45, 7) is 1.10. The van der Waals surface area contributed by atoms with Crippen LogP contribution in [0.4, 0.5) is 5.69 Å². The fourth-order valence-electron chi connectivity index (χ4n) is 3.20. The predicted molar refractivity (Wildman–Crippen MR) is 113 cm³/mol. The standard InChI is InChI=1S/C20H29Cl2NO7/c21-8-10-23(11-9-22)14-6-4-13(5-7-14)2-1-3-16(24)29-12-15-17(25)18(26)19(27)20(28)30-15/h4-7,15,17-20,25-28H,1-3,8-12H2/t15-,17-,18+,19-,20?/m1/s1. The van der Waals surface area contributed by atoms with Gasteiger partial charge < -0.3 is 34.8 Å². The number of carbonyl (C=O) groups excluding carboxylic acids is 1. The van der Waals surface area contributed by atoms with E-state index in [-0.39, 0.29) is 13.0 Å². The number of hydrogen-bond acceptors (Lipinski definition) is 8. The number of anilines is 1. The average molecular weight is 466 g/mol. The van der Waals surface area contributed by atoms with Crippen LogP contribution in [0.2, 0.25) is 0 Å². The van der Waals surface area contributed by atoms with E-state index in [1.54, 1.807) is 0 Å². The Kier molecular flexibility index (Phi) is 10.6. The molecule has 0 spiro atoms. The van der Waals surface area contributed by atoms with Crippen molar-refractivity contribution in [2.24, 2.45) is 0 Å². The first-order valence-electron chi connectivity index (χ1n) is 9.86. The third-order valence-electron chi connectivity index (χ3n) is 4.95. The molecule has 1 aromatic carbocycles. The Hall–Kier alpha value is -1.13. The number of aliphatic hydroxyl groups excluding tert-OH is 4. The van der Waals surface area contributed by atoms with Crippen LogP contribution in [0.15, 0.2) is 24.3 Å². The SMILES string of the molecule is O=C(CCCc1ccc(N(CCCl)CCCl)cc1)OC[C@H]1OC(O)[C@H](O)[C@@H](O)[C@@H]1O. The smallest absolute Gasteiger partial charge is 0.305 e. The highest BCUT2D eigenvalue weighted by molar-refractivity contribution is 6.18. The molecule has 0 saturated carbocycles. The molecule has 1 fully saturated rings. The van der Waals surface area contributed by atoms with Gasteiger partial charge in [-0.25, -0.2) is 0 Å². The molecule has 1 heterocycles. The topological polar surface area (TPSA) is 120 Å². The van der Waals surface area contributed by atoms with Crippen molar-refractivity contribution in [2.75, 3.05) is 36.4 Å². The number of esters is 1. The average Bonchev–Trinajstić information content (AvgIpc) is 2.74. The van der Waals surface area contributed by atoms with Gasteiger partial charge in [0.1, 0.15) is 31.0 Å². The molecule has 1 aliphatic heterocycles. The number of alkyl halides is 2. The van der Waals surface area contributed by atoms with Gasteiger partial charge in [-0.05, 0) is 30.5 Å². The van der Waals surface area contributed by atoms with Crippen molar-refractivity contribution in [2.45, 2.75) is 50.0 Å². The Morgan fingerprint density at radius 1 is 1.00 bits per heavy atom. The highest BCUT2D eigenvalue weighted by Crippen LogP contribution is 2.20. The molecule has 1 aromatic rings. The molecule has 0 bridgehead atoms. The van der Waals surface area contributed by atoms with E-state index in [4.69, 9.17) is 32.7 Å². The van der Waals surface area contributed by atoms with Crippen LogP contribution >= 0.6 is 23.2 Å². The van der Waals surface area contributed by atoms with Crippen LogP contribution < -0.4 is 4.90 Å². The Labute approximate surface area is 185 Å². The molecule has 2 rings (SSSR count). The molecule has 0 aromatic heterocycles. The molecular formula is C20H29Cl2NO7. The van der Waals surface area contributed by atoms with E-state index in [9.17, 15) is 25.2 Å². The van der Waals surface area contributed by atoms with Crippen LogP contribution in [0, 0.1) is 0 Å². The van der Waals surface area contributed by atoms with Gasteiger partial charge in [0.15, 0.2) is 6.29 Å². The van der Waals surface area contributed by atoms with Crippen LogP contribution in [0.25, 0.3) is 0 Å². The Morgan fingerprint density at radius 3 is 2.23 bits per heavy atom. The van der Waals surface area contributed by atoms with Gasteiger partial charge in [0, 0.05) is 37.0 Å². The molecule has 30 heavy (non-hydrogen) atoms. The number of carbonyl (C=O) groups is 1. The van der Waals surface area contributed by atoms with Crippen molar-refractivity contribution >= 4 is 34.9 Å². The van der Waals surface area contributed by atoms with Crippen molar-refractivity contribution in [1.82, 2.24) is 0 Å². The monoisotopic (exact) mass is 465 g/mol. The van der Waals surface area contributed by atoms with Gasteiger partial charge in [-0.1, -0.05) is 12.1 Å². The van der Waals surface area contributed by atoms with Crippen LogP contribution in [0.3, 0.4) is 0 Å². The molecule has 1 unspecified atom stereocenters. The molecule has 0 aliphatic carbocycles. The fraction of sp³-hybridized carbons (Fsp3) is 0.650. The summed E-state index contributed by atoms with van der Waals surface area (Å²) in [6.07, 6.45) is -6.00. The van der Waals surface area contributed by atoms with E-state index in [1.165, 1.54) is 0 Å². The normalized spacial score (nSPS) is 26.4. The number of rotatable bonds is 11. The van der Waals surface area contributed by atoms with E-state index in [0.717, 1.165) is 11.3 Å². The number of aryl methyl sites for hydroxylation is 1. The minimum Gasteiger partial charge on any atom is -0.463 e. The second-order valence-corrected chi connectivity index (χ2v) is 7.86. The Morgan fingerprint density at radius 2 is 1.63 bits per heavy atom. The lowest BCUT2D eigenvalue weighted by atomic mass is 9.99. The largest absolute Gasteiger partial charge is 0.463 e. The lowest BCUT2D eigenvalue weighted by molar-refractivity contribution is -0.287. The summed E-state index contributed by atoms with van der Waals surface area (Å²) in [6, 6.07) is 7.99. The molecule has 170 valence electrons. The summed E-state index contributed by atoms with van der Waals surface area (Å²) in [5.41, 5.74) is 2.12. The number of benzene rings is 1. The highest BCUT2D eigenvalue weighted by Gasteiger charge is 2.43. The molecule has 1 saturated heterocycles. The molecule has 10 heteroatoms. The maximum Gasteiger partial charge on any atom is 0.305 e. The van der Waals surface area contributed by atoms with E-state index in [0.29, 0.717) is 37.7 Å². The predicted octanol–water partition coefficient (Wildman–Crippen LogP) is 0.636. The lowest BCUT2D eigenvalue weighted by Crippen LogP contribution is -2.58. The minimum atomic E-state index is -1.65. The minimum absolute atomic E-state index is 0.170. The molecule has 4 N–H and O–H groups in total. The molecular weight excluding hydrogens is 437 g/mol. The summed E-state index contributed by atoms with van der Waals surface area (Å²) in [4.78, 5) is 14.0. The zero-order chi connectivity index (χ0) is 22.1. The number of nitrogens with zero attached hydrogens (tertiary/aromatic N) is 1. The summed E-state index contributed by atoms with van der Waals surface area (Å²) >= 11 is 11.7. The van der Waals surface area contributed by atoms with E-state index >= 15 is 0 Å². The highest BCUT2D eigenvalue weighted by atomic mass is 35.5. The van der Waals surface area contributed by atoms with E-state index in [1.807, 2.05) is 24.3 Å². The summed E-state index contributed by atoms with van der Waals surface area (Å²) in [5.74, 6) is 0.553. The third kappa shape index (κ3) is 7.23. The Balaban J connectivity index is 1.73. The first kappa shape index (κ1) is 25.1. The number of aliphatic hydroxyl groups is 4. The lowest BCUT2D eigenvalue weighted by Gasteiger charge is -2.37. The second-order valence-electron chi connectivity index (χ2n) is 7.10. The maximum atomic E-state index is 11.9.